The van der Waals surface area contributed by atoms with Crippen LogP contribution in [-0.4, -0.2) is 4.98 Å². The number of anilines is 1. The van der Waals surface area contributed by atoms with E-state index in [2.05, 4.69) is 41.5 Å². The predicted molar refractivity (Wildman–Crippen MR) is 78.1 cm³/mol. The molecule has 3 rings (SSSR count). The second-order valence-corrected chi connectivity index (χ2v) is 5.61. The summed E-state index contributed by atoms with van der Waals surface area (Å²) < 4.78 is 0. The topological polar surface area (TPSA) is 24.9 Å². The van der Waals surface area contributed by atoms with Gasteiger partial charge in [-0.25, -0.2) is 0 Å². The minimum atomic E-state index is 0.868. The number of rotatable bonds is 3. The summed E-state index contributed by atoms with van der Waals surface area (Å²) in [4.78, 5) is 7.07. The molecule has 0 aliphatic carbocycles. The molecule has 3 heteroatoms. The lowest BCUT2D eigenvalue weighted by Crippen LogP contribution is -1.98. The van der Waals surface area contributed by atoms with Crippen molar-refractivity contribution < 1.29 is 0 Å². The standard InChI is InChI=1S/C15H14N2S/c1-11-7-8-12(18-11)10-17-15-6-2-5-14-13(15)4-3-9-16-14/h2-9,17H,10H2,1H3. The van der Waals surface area contributed by atoms with E-state index in [1.165, 1.54) is 15.1 Å². The molecule has 1 aromatic carbocycles. The molecule has 0 spiro atoms. The average Bonchev–Trinajstić information content (AvgIpc) is 2.82. The molecule has 0 saturated carbocycles. The second-order valence-electron chi connectivity index (χ2n) is 4.24. The van der Waals surface area contributed by atoms with Gasteiger partial charge in [-0.1, -0.05) is 6.07 Å². The van der Waals surface area contributed by atoms with Crippen molar-refractivity contribution in [3.63, 3.8) is 0 Å². The van der Waals surface area contributed by atoms with Crippen molar-refractivity contribution in [2.75, 3.05) is 5.32 Å². The molecule has 0 aliphatic rings. The summed E-state index contributed by atoms with van der Waals surface area (Å²) in [6, 6.07) is 14.6. The maximum atomic E-state index is 4.36. The first-order valence-corrected chi connectivity index (χ1v) is 6.77. The Hall–Kier alpha value is -1.87. The number of benzene rings is 1. The minimum Gasteiger partial charge on any atom is -0.380 e. The zero-order chi connectivity index (χ0) is 12.4. The number of aromatic nitrogens is 1. The van der Waals surface area contributed by atoms with E-state index in [1.807, 2.05) is 35.7 Å². The molecule has 0 aliphatic heterocycles. The Balaban J connectivity index is 1.86. The molecule has 3 aromatic rings. The summed E-state index contributed by atoms with van der Waals surface area (Å²) >= 11 is 1.83. The van der Waals surface area contributed by atoms with Crippen molar-refractivity contribution in [3.05, 3.63) is 58.4 Å². The number of hydrogen-bond donors (Lipinski definition) is 1. The number of nitrogens with zero attached hydrogens (tertiary/aromatic N) is 1. The number of pyridine rings is 1. The summed E-state index contributed by atoms with van der Waals surface area (Å²) in [5.41, 5.74) is 2.18. The molecule has 0 bridgehead atoms. The second kappa shape index (κ2) is 4.78. The van der Waals surface area contributed by atoms with Gasteiger partial charge in [-0.2, -0.15) is 0 Å². The van der Waals surface area contributed by atoms with Gasteiger partial charge in [0.05, 0.1) is 5.52 Å². The fraction of sp³-hybridized carbons (Fsp3) is 0.133. The van der Waals surface area contributed by atoms with Gasteiger partial charge in [0.2, 0.25) is 0 Å². The Labute approximate surface area is 110 Å². The summed E-state index contributed by atoms with van der Waals surface area (Å²) in [6.45, 7) is 3.00. The highest BCUT2D eigenvalue weighted by Gasteiger charge is 2.01. The van der Waals surface area contributed by atoms with Crippen LogP contribution in [0.2, 0.25) is 0 Å². The largest absolute Gasteiger partial charge is 0.380 e. The number of aryl methyl sites for hydroxylation is 1. The van der Waals surface area contributed by atoms with E-state index < -0.39 is 0 Å². The van der Waals surface area contributed by atoms with E-state index in [-0.39, 0.29) is 0 Å². The zero-order valence-electron chi connectivity index (χ0n) is 10.2. The van der Waals surface area contributed by atoms with Gasteiger partial charge in [0.25, 0.3) is 0 Å². The Morgan fingerprint density at radius 3 is 2.89 bits per heavy atom. The number of thiophene rings is 1. The van der Waals surface area contributed by atoms with Crippen molar-refractivity contribution >= 4 is 27.9 Å². The van der Waals surface area contributed by atoms with E-state index in [1.54, 1.807) is 0 Å². The normalized spacial score (nSPS) is 10.7. The molecule has 90 valence electrons. The smallest absolute Gasteiger partial charge is 0.0722 e. The fourth-order valence-electron chi connectivity index (χ4n) is 2.02. The zero-order valence-corrected chi connectivity index (χ0v) is 11.0. The number of fused-ring (bicyclic) bond motifs is 1. The summed E-state index contributed by atoms with van der Waals surface area (Å²) in [6.07, 6.45) is 1.83. The van der Waals surface area contributed by atoms with Crippen molar-refractivity contribution in [1.82, 2.24) is 4.98 Å². The Bertz CT molecular complexity index is 668. The third kappa shape index (κ3) is 2.22. The highest BCUT2D eigenvalue weighted by Crippen LogP contribution is 2.23. The molecule has 2 nitrogen and oxygen atoms in total. The van der Waals surface area contributed by atoms with Crippen LogP contribution in [0.3, 0.4) is 0 Å². The van der Waals surface area contributed by atoms with Gasteiger partial charge in [-0.05, 0) is 43.3 Å². The highest BCUT2D eigenvalue weighted by atomic mass is 32.1. The van der Waals surface area contributed by atoms with Gasteiger partial charge < -0.3 is 5.32 Å². The molecule has 1 N–H and O–H groups in total. The molecule has 0 unspecified atom stereocenters. The first-order valence-electron chi connectivity index (χ1n) is 5.96. The van der Waals surface area contributed by atoms with Crippen molar-refractivity contribution in [2.24, 2.45) is 0 Å². The van der Waals surface area contributed by atoms with Crippen molar-refractivity contribution in [2.45, 2.75) is 13.5 Å². The van der Waals surface area contributed by atoms with Crippen molar-refractivity contribution in [1.29, 1.82) is 0 Å². The lowest BCUT2D eigenvalue weighted by molar-refractivity contribution is 1.20. The maximum absolute atomic E-state index is 4.36. The fourth-order valence-corrected chi connectivity index (χ4v) is 2.85. The average molecular weight is 254 g/mol. The quantitative estimate of drug-likeness (QED) is 0.757. The molecule has 0 atom stereocenters. The summed E-state index contributed by atoms with van der Waals surface area (Å²) in [5, 5.41) is 4.66. The Kier molecular flexibility index (Phi) is 2.99. The van der Waals surface area contributed by atoms with E-state index in [4.69, 9.17) is 0 Å². The first-order chi connectivity index (χ1) is 8.83. The van der Waals surface area contributed by atoms with Crippen LogP contribution < -0.4 is 5.32 Å². The Morgan fingerprint density at radius 1 is 1.11 bits per heavy atom. The van der Waals surface area contributed by atoms with Crippen LogP contribution in [-0.2, 0) is 6.54 Å². The van der Waals surface area contributed by atoms with E-state index in [0.717, 1.165) is 17.7 Å². The molecule has 0 saturated heterocycles. The molecule has 2 heterocycles. The molecular weight excluding hydrogens is 240 g/mol. The van der Waals surface area contributed by atoms with Gasteiger partial charge in [0.1, 0.15) is 0 Å². The molecule has 18 heavy (non-hydrogen) atoms. The maximum Gasteiger partial charge on any atom is 0.0722 e. The molecule has 2 aromatic heterocycles. The third-order valence-corrected chi connectivity index (χ3v) is 3.90. The van der Waals surface area contributed by atoms with Gasteiger partial charge in [-0.15, -0.1) is 11.3 Å². The lowest BCUT2D eigenvalue weighted by Gasteiger charge is -2.08. The minimum absolute atomic E-state index is 0.868. The number of nitrogens with one attached hydrogen (secondary N) is 1. The van der Waals surface area contributed by atoms with Gasteiger partial charge in [-0.3, -0.25) is 4.98 Å². The lowest BCUT2D eigenvalue weighted by atomic mass is 10.2. The van der Waals surface area contributed by atoms with Gasteiger partial charge >= 0.3 is 0 Å². The molecule has 0 radical (unpaired) electrons. The summed E-state index contributed by atoms with van der Waals surface area (Å²) in [5.74, 6) is 0. The van der Waals surface area contributed by atoms with Crippen LogP contribution in [0.4, 0.5) is 5.69 Å². The van der Waals surface area contributed by atoms with E-state index >= 15 is 0 Å². The van der Waals surface area contributed by atoms with Crippen LogP contribution in [0.1, 0.15) is 9.75 Å². The highest BCUT2D eigenvalue weighted by molar-refractivity contribution is 7.11. The molecule has 0 fully saturated rings. The first kappa shape index (κ1) is 11.2. The van der Waals surface area contributed by atoms with Crippen LogP contribution in [0.15, 0.2) is 48.7 Å². The van der Waals surface area contributed by atoms with E-state index in [0.29, 0.717) is 0 Å². The van der Waals surface area contributed by atoms with Crippen LogP contribution in [0, 0.1) is 6.92 Å². The third-order valence-electron chi connectivity index (χ3n) is 2.89. The van der Waals surface area contributed by atoms with Crippen LogP contribution in [0.25, 0.3) is 10.9 Å². The summed E-state index contributed by atoms with van der Waals surface area (Å²) in [7, 11) is 0. The van der Waals surface area contributed by atoms with Crippen LogP contribution >= 0.6 is 11.3 Å². The Morgan fingerprint density at radius 2 is 2.06 bits per heavy atom. The predicted octanol–water partition coefficient (Wildman–Crippen LogP) is 4.22. The van der Waals surface area contributed by atoms with Gasteiger partial charge in [0.15, 0.2) is 0 Å². The van der Waals surface area contributed by atoms with Gasteiger partial charge in [0, 0.05) is 33.6 Å². The molecule has 0 amide bonds. The molecular formula is C15H14N2S. The van der Waals surface area contributed by atoms with Crippen molar-refractivity contribution in [3.8, 4) is 0 Å². The van der Waals surface area contributed by atoms with Crippen LogP contribution in [0.5, 0.6) is 0 Å². The van der Waals surface area contributed by atoms with E-state index in [9.17, 15) is 0 Å². The SMILES string of the molecule is Cc1ccc(CNc2cccc3ncccc23)s1. The number of hydrogen-bond acceptors (Lipinski definition) is 3. The monoisotopic (exact) mass is 254 g/mol.